The van der Waals surface area contributed by atoms with Crippen molar-refractivity contribution in [1.29, 1.82) is 0 Å². The number of fused-ring (bicyclic) bond motifs is 3. The average molecular weight is 330 g/mol. The summed E-state index contributed by atoms with van der Waals surface area (Å²) in [6.45, 7) is 0. The van der Waals surface area contributed by atoms with Gasteiger partial charge in [0.1, 0.15) is 16.8 Å². The summed E-state index contributed by atoms with van der Waals surface area (Å²) in [7, 11) is 0. The second-order valence-corrected chi connectivity index (χ2v) is 6.04. The minimum Gasteiger partial charge on any atom is -0.469 e. The molecule has 0 saturated carbocycles. The highest BCUT2D eigenvalue weighted by Gasteiger charge is 2.31. The highest BCUT2D eigenvalue weighted by Crippen LogP contribution is 2.40. The molecule has 2 aromatic heterocycles. The van der Waals surface area contributed by atoms with Crippen LogP contribution in [-0.4, -0.2) is 20.9 Å². The fourth-order valence-corrected chi connectivity index (χ4v) is 3.36. The van der Waals surface area contributed by atoms with Crippen LogP contribution >= 0.6 is 0 Å². The van der Waals surface area contributed by atoms with Crippen LogP contribution in [0.4, 0.5) is 5.69 Å². The Hall–Kier alpha value is -3.41. The van der Waals surface area contributed by atoms with Crippen LogP contribution < -0.4 is 5.32 Å². The Kier molecular flexibility index (Phi) is 2.97. The van der Waals surface area contributed by atoms with Gasteiger partial charge in [0.15, 0.2) is 0 Å². The van der Waals surface area contributed by atoms with Crippen molar-refractivity contribution in [3.05, 3.63) is 72.2 Å². The number of para-hydroxylation sites is 1. The standard InChI is InChI=1S/C19H14N4O2/c24-17-11-13(16-7-4-10-25-16)18-14(20-17)8-9-15-19(18)22-23(21-15)12-5-2-1-3-6-12/h1-10,13H,11H2,(H,20,24)/t13-/m1/s1. The van der Waals surface area contributed by atoms with E-state index in [9.17, 15) is 4.79 Å². The van der Waals surface area contributed by atoms with E-state index in [1.807, 2.05) is 54.6 Å². The number of hydrogen-bond acceptors (Lipinski definition) is 4. The molecule has 4 aromatic rings. The van der Waals surface area contributed by atoms with E-state index in [1.54, 1.807) is 11.1 Å². The third kappa shape index (κ3) is 2.22. The Morgan fingerprint density at radius 2 is 1.92 bits per heavy atom. The molecule has 1 amide bonds. The van der Waals surface area contributed by atoms with Gasteiger partial charge >= 0.3 is 0 Å². The number of rotatable bonds is 2. The molecule has 0 radical (unpaired) electrons. The Balaban J connectivity index is 1.74. The lowest BCUT2D eigenvalue weighted by molar-refractivity contribution is -0.116. The zero-order valence-electron chi connectivity index (χ0n) is 13.2. The maximum absolute atomic E-state index is 12.1. The number of amides is 1. The molecule has 122 valence electrons. The highest BCUT2D eigenvalue weighted by atomic mass is 16.3. The molecule has 2 aromatic carbocycles. The van der Waals surface area contributed by atoms with Gasteiger partial charge in [-0.1, -0.05) is 18.2 Å². The molecule has 1 aliphatic rings. The molecule has 1 N–H and O–H groups in total. The third-order valence-corrected chi connectivity index (χ3v) is 4.48. The zero-order chi connectivity index (χ0) is 16.8. The van der Waals surface area contributed by atoms with Gasteiger partial charge in [-0.05, 0) is 36.4 Å². The Bertz CT molecular complexity index is 1070. The second-order valence-electron chi connectivity index (χ2n) is 6.04. The van der Waals surface area contributed by atoms with Crippen LogP contribution in [0.5, 0.6) is 0 Å². The third-order valence-electron chi connectivity index (χ3n) is 4.48. The summed E-state index contributed by atoms with van der Waals surface area (Å²) in [6, 6.07) is 17.3. The Labute approximate surface area is 143 Å². The Morgan fingerprint density at radius 1 is 1.04 bits per heavy atom. The fraction of sp³-hybridized carbons (Fsp3) is 0.105. The summed E-state index contributed by atoms with van der Waals surface area (Å²) in [5.41, 5.74) is 4.18. The predicted octanol–water partition coefficient (Wildman–Crippen LogP) is 3.49. The van der Waals surface area contributed by atoms with Crippen LogP contribution in [0, 0.1) is 0 Å². The number of hydrogen-bond donors (Lipinski definition) is 1. The SMILES string of the molecule is O=C1C[C@H](c2ccco2)c2c(ccc3nn(-c4ccccc4)nc23)N1. The molecule has 0 spiro atoms. The fourth-order valence-electron chi connectivity index (χ4n) is 3.36. The maximum Gasteiger partial charge on any atom is 0.225 e. The van der Waals surface area contributed by atoms with E-state index in [0.29, 0.717) is 6.42 Å². The van der Waals surface area contributed by atoms with Gasteiger partial charge in [0.05, 0.1) is 17.9 Å². The zero-order valence-corrected chi connectivity index (χ0v) is 13.2. The minimum atomic E-state index is -0.164. The first-order valence-electron chi connectivity index (χ1n) is 8.08. The normalized spacial score (nSPS) is 16.6. The van der Waals surface area contributed by atoms with Gasteiger partial charge < -0.3 is 9.73 Å². The van der Waals surface area contributed by atoms with Gasteiger partial charge in [-0.25, -0.2) is 0 Å². The predicted molar refractivity (Wildman–Crippen MR) is 92.7 cm³/mol. The van der Waals surface area contributed by atoms with E-state index in [0.717, 1.165) is 33.7 Å². The summed E-state index contributed by atoms with van der Waals surface area (Å²) in [4.78, 5) is 13.7. The summed E-state index contributed by atoms with van der Waals surface area (Å²) in [6.07, 6.45) is 1.96. The van der Waals surface area contributed by atoms with Crippen LogP contribution in [0.3, 0.4) is 0 Å². The Morgan fingerprint density at radius 3 is 2.72 bits per heavy atom. The molecular weight excluding hydrogens is 316 g/mol. The summed E-state index contributed by atoms with van der Waals surface area (Å²) >= 11 is 0. The number of nitrogens with one attached hydrogen (secondary N) is 1. The number of furan rings is 1. The van der Waals surface area contributed by atoms with Gasteiger partial charge in [-0.3, -0.25) is 4.79 Å². The average Bonchev–Trinajstić information content (AvgIpc) is 3.31. The maximum atomic E-state index is 12.1. The first-order valence-corrected chi connectivity index (χ1v) is 8.08. The van der Waals surface area contributed by atoms with Crippen molar-refractivity contribution in [2.45, 2.75) is 12.3 Å². The molecule has 6 heteroatoms. The van der Waals surface area contributed by atoms with E-state index in [-0.39, 0.29) is 11.8 Å². The van der Waals surface area contributed by atoms with Gasteiger partial charge in [0.25, 0.3) is 0 Å². The highest BCUT2D eigenvalue weighted by molar-refractivity contribution is 5.99. The molecule has 1 aliphatic heterocycles. The van der Waals surface area contributed by atoms with Crippen LogP contribution in [-0.2, 0) is 4.79 Å². The monoisotopic (exact) mass is 330 g/mol. The lowest BCUT2D eigenvalue weighted by Crippen LogP contribution is -2.23. The number of benzene rings is 2. The van der Waals surface area contributed by atoms with E-state index in [2.05, 4.69) is 10.4 Å². The number of nitrogens with zero attached hydrogens (tertiary/aromatic N) is 3. The molecule has 0 unspecified atom stereocenters. The lowest BCUT2D eigenvalue weighted by atomic mass is 9.87. The lowest BCUT2D eigenvalue weighted by Gasteiger charge is -2.24. The smallest absolute Gasteiger partial charge is 0.225 e. The number of anilines is 1. The van der Waals surface area contributed by atoms with E-state index in [1.165, 1.54) is 0 Å². The molecular formula is C19H14N4O2. The summed E-state index contributed by atoms with van der Waals surface area (Å²) < 4.78 is 5.58. The van der Waals surface area contributed by atoms with Crippen molar-refractivity contribution in [2.24, 2.45) is 0 Å². The topological polar surface area (TPSA) is 73.0 Å². The molecule has 6 nitrogen and oxygen atoms in total. The van der Waals surface area contributed by atoms with Crippen LogP contribution in [0.2, 0.25) is 0 Å². The first-order chi connectivity index (χ1) is 12.3. The molecule has 0 saturated heterocycles. The van der Waals surface area contributed by atoms with Gasteiger partial charge in [-0.15, -0.1) is 10.2 Å². The quantitative estimate of drug-likeness (QED) is 0.610. The van der Waals surface area contributed by atoms with Crippen molar-refractivity contribution >= 4 is 22.6 Å². The van der Waals surface area contributed by atoms with Crippen molar-refractivity contribution in [1.82, 2.24) is 15.0 Å². The molecule has 1 atom stereocenters. The molecule has 25 heavy (non-hydrogen) atoms. The molecule has 3 heterocycles. The molecule has 5 rings (SSSR count). The number of carbonyl (C=O) groups is 1. The van der Waals surface area contributed by atoms with Crippen molar-refractivity contribution in [3.8, 4) is 5.69 Å². The van der Waals surface area contributed by atoms with E-state index in [4.69, 9.17) is 9.52 Å². The summed E-state index contributed by atoms with van der Waals surface area (Å²) in [5.74, 6) is 0.574. The molecule has 0 fully saturated rings. The van der Waals surface area contributed by atoms with Crippen LogP contribution in [0.25, 0.3) is 16.7 Å². The first kappa shape index (κ1) is 14.0. The largest absolute Gasteiger partial charge is 0.469 e. The molecule has 0 aliphatic carbocycles. The van der Waals surface area contributed by atoms with Gasteiger partial charge in [0.2, 0.25) is 5.91 Å². The summed E-state index contributed by atoms with van der Waals surface area (Å²) in [5, 5.41) is 12.2. The number of aromatic nitrogens is 3. The number of carbonyl (C=O) groups excluding carboxylic acids is 1. The van der Waals surface area contributed by atoms with E-state index >= 15 is 0 Å². The van der Waals surface area contributed by atoms with Gasteiger partial charge in [-0.2, -0.15) is 4.80 Å². The molecule has 0 bridgehead atoms. The van der Waals surface area contributed by atoms with Crippen molar-refractivity contribution < 1.29 is 9.21 Å². The van der Waals surface area contributed by atoms with Crippen molar-refractivity contribution in [2.75, 3.05) is 5.32 Å². The van der Waals surface area contributed by atoms with Crippen LogP contribution in [0.15, 0.2) is 65.3 Å². The van der Waals surface area contributed by atoms with E-state index < -0.39 is 0 Å². The van der Waals surface area contributed by atoms with Crippen LogP contribution in [0.1, 0.15) is 23.7 Å². The second kappa shape index (κ2) is 5.31. The van der Waals surface area contributed by atoms with Crippen molar-refractivity contribution in [3.63, 3.8) is 0 Å². The van der Waals surface area contributed by atoms with Gasteiger partial charge in [0, 0.05) is 17.7 Å². The minimum absolute atomic E-state index is 0.0244.